The summed E-state index contributed by atoms with van der Waals surface area (Å²) in [5.41, 5.74) is 4.48. The summed E-state index contributed by atoms with van der Waals surface area (Å²) in [5.74, 6) is -0.645. The van der Waals surface area contributed by atoms with E-state index < -0.39 is 0 Å². The molecule has 0 unspecified atom stereocenters. The van der Waals surface area contributed by atoms with Gasteiger partial charge in [0.25, 0.3) is 0 Å². The van der Waals surface area contributed by atoms with E-state index in [2.05, 4.69) is 5.32 Å². The van der Waals surface area contributed by atoms with Crippen molar-refractivity contribution in [3.05, 3.63) is 101 Å². The Kier molecular flexibility index (Phi) is 5.43. The summed E-state index contributed by atoms with van der Waals surface area (Å²) in [7, 11) is 0. The predicted octanol–water partition coefficient (Wildman–Crippen LogP) is 7.34. The van der Waals surface area contributed by atoms with Crippen LogP contribution < -0.4 is 5.32 Å². The quantitative estimate of drug-likeness (QED) is 0.296. The maximum atomic E-state index is 13.5. The summed E-state index contributed by atoms with van der Waals surface area (Å²) < 4.78 is 28.5. The highest BCUT2D eigenvalue weighted by Gasteiger charge is 2.17. The highest BCUT2D eigenvalue weighted by atomic mass is 35.5. The largest absolute Gasteiger partial charge is 0.332 e. The fourth-order valence-electron chi connectivity index (χ4n) is 3.22. The minimum atomic E-state index is -0.323. The molecule has 2 heterocycles. The second kappa shape index (κ2) is 8.53. The molecule has 3 aromatic carbocycles. The number of halogens is 3. The lowest BCUT2D eigenvalue weighted by atomic mass is 10.1. The van der Waals surface area contributed by atoms with Gasteiger partial charge in [-0.3, -0.25) is 0 Å². The van der Waals surface area contributed by atoms with Crippen LogP contribution in [-0.4, -0.2) is 14.8 Å². The van der Waals surface area contributed by atoms with Crippen LogP contribution in [0.3, 0.4) is 0 Å². The second-order valence-corrected chi connectivity index (χ2v) is 8.28. The zero-order valence-electron chi connectivity index (χ0n) is 16.5. The van der Waals surface area contributed by atoms with Crippen LogP contribution in [0.2, 0.25) is 5.02 Å². The number of anilines is 2. The predicted molar refractivity (Wildman–Crippen MR) is 125 cm³/mol. The number of benzene rings is 3. The zero-order chi connectivity index (χ0) is 22.1. The Balaban J connectivity index is 1.54. The summed E-state index contributed by atoms with van der Waals surface area (Å²) in [4.78, 5) is 4.71. The third kappa shape index (κ3) is 4.26. The van der Waals surface area contributed by atoms with Crippen molar-refractivity contribution < 1.29 is 8.78 Å². The van der Waals surface area contributed by atoms with Gasteiger partial charge in [-0.05, 0) is 72.8 Å². The average Bonchev–Trinajstić information content (AvgIpc) is 3.44. The van der Waals surface area contributed by atoms with E-state index in [1.54, 1.807) is 41.1 Å². The normalized spacial score (nSPS) is 11.0. The van der Waals surface area contributed by atoms with E-state index >= 15 is 0 Å². The van der Waals surface area contributed by atoms with E-state index in [4.69, 9.17) is 21.7 Å². The summed E-state index contributed by atoms with van der Waals surface area (Å²) >= 11 is 7.41. The van der Waals surface area contributed by atoms with E-state index in [0.29, 0.717) is 21.5 Å². The Morgan fingerprint density at radius 2 is 1.50 bits per heavy atom. The molecule has 1 N–H and O–H groups in total. The molecule has 4 nitrogen and oxygen atoms in total. The van der Waals surface area contributed by atoms with Gasteiger partial charge in [0.15, 0.2) is 5.13 Å². The highest BCUT2D eigenvalue weighted by molar-refractivity contribution is 7.14. The summed E-state index contributed by atoms with van der Waals surface area (Å²) in [6.45, 7) is 0. The molecule has 5 aromatic rings. The van der Waals surface area contributed by atoms with Gasteiger partial charge in [0.1, 0.15) is 17.3 Å². The fraction of sp³-hybridized carbons (Fsp3) is 0. The molecule has 158 valence electrons. The van der Waals surface area contributed by atoms with Crippen LogP contribution in [0, 0.1) is 11.6 Å². The first-order valence-corrected chi connectivity index (χ1v) is 10.9. The first-order valence-electron chi connectivity index (χ1n) is 9.65. The van der Waals surface area contributed by atoms with Crippen molar-refractivity contribution in [3.8, 4) is 28.2 Å². The van der Waals surface area contributed by atoms with Crippen molar-refractivity contribution in [2.24, 2.45) is 0 Å². The maximum absolute atomic E-state index is 13.5. The smallest absolute Gasteiger partial charge is 0.187 e. The Bertz CT molecular complexity index is 1360. The zero-order valence-corrected chi connectivity index (χ0v) is 18.0. The molecule has 0 aliphatic rings. The molecule has 0 atom stereocenters. The van der Waals surface area contributed by atoms with Crippen molar-refractivity contribution in [3.63, 3.8) is 0 Å². The van der Waals surface area contributed by atoms with Crippen molar-refractivity contribution in [1.29, 1.82) is 0 Å². The highest BCUT2D eigenvalue weighted by Crippen LogP contribution is 2.34. The third-order valence-corrected chi connectivity index (χ3v) is 5.81. The van der Waals surface area contributed by atoms with Crippen LogP contribution in [0.4, 0.5) is 19.6 Å². The molecular formula is C24H15ClF2N4S. The number of thiazole rings is 1. The minimum absolute atomic E-state index is 0.322. The van der Waals surface area contributed by atoms with Crippen molar-refractivity contribution in [1.82, 2.24) is 14.8 Å². The lowest BCUT2D eigenvalue weighted by molar-refractivity contribution is 0.627. The molecule has 32 heavy (non-hydrogen) atoms. The molecule has 0 amide bonds. The number of aromatic nitrogens is 3. The summed E-state index contributed by atoms with van der Waals surface area (Å²) in [5, 5.41) is 11.3. The average molecular weight is 465 g/mol. The van der Waals surface area contributed by atoms with Gasteiger partial charge >= 0.3 is 0 Å². The number of nitrogens with zero attached hydrogens (tertiary/aromatic N) is 3. The fourth-order valence-corrected chi connectivity index (χ4v) is 4.08. The van der Waals surface area contributed by atoms with Gasteiger partial charge in [0.05, 0.1) is 11.4 Å². The number of nitrogens with one attached hydrogen (secondary N) is 1. The molecular weight excluding hydrogens is 450 g/mol. The molecule has 0 aliphatic heterocycles. The van der Waals surface area contributed by atoms with Crippen LogP contribution in [0.15, 0.2) is 84.4 Å². The molecule has 2 aromatic heterocycles. The number of rotatable bonds is 5. The number of hydrogen-bond donors (Lipinski definition) is 1. The Labute approximate surface area is 191 Å². The van der Waals surface area contributed by atoms with Crippen LogP contribution >= 0.6 is 22.9 Å². The summed E-state index contributed by atoms with van der Waals surface area (Å²) in [6.07, 6.45) is 1.84. The lowest BCUT2D eigenvalue weighted by Crippen LogP contribution is -1.94. The lowest BCUT2D eigenvalue weighted by Gasteiger charge is -2.02. The van der Waals surface area contributed by atoms with Crippen LogP contribution in [-0.2, 0) is 0 Å². The Hall–Kier alpha value is -3.55. The first kappa shape index (κ1) is 20.4. The van der Waals surface area contributed by atoms with Gasteiger partial charge in [-0.1, -0.05) is 11.6 Å². The van der Waals surface area contributed by atoms with Gasteiger partial charge in [-0.2, -0.15) is 5.10 Å². The Morgan fingerprint density at radius 1 is 0.844 bits per heavy atom. The molecule has 8 heteroatoms. The first-order chi connectivity index (χ1) is 15.5. The Morgan fingerprint density at radius 3 is 2.19 bits per heavy atom. The van der Waals surface area contributed by atoms with E-state index in [1.165, 1.54) is 35.6 Å². The van der Waals surface area contributed by atoms with Gasteiger partial charge < -0.3 is 5.32 Å². The van der Waals surface area contributed by atoms with Crippen LogP contribution in [0.1, 0.15) is 0 Å². The van der Waals surface area contributed by atoms with E-state index in [1.807, 2.05) is 23.7 Å². The molecule has 0 aliphatic carbocycles. The minimum Gasteiger partial charge on any atom is -0.332 e. The topological polar surface area (TPSA) is 42.7 Å². The van der Waals surface area contributed by atoms with Gasteiger partial charge in [-0.15, -0.1) is 11.3 Å². The van der Waals surface area contributed by atoms with Gasteiger partial charge in [0.2, 0.25) is 0 Å². The molecule has 5 rings (SSSR count). The van der Waals surface area contributed by atoms with Crippen LogP contribution in [0.5, 0.6) is 0 Å². The molecule has 0 saturated heterocycles. The second-order valence-electron chi connectivity index (χ2n) is 6.99. The van der Waals surface area contributed by atoms with Crippen molar-refractivity contribution in [2.45, 2.75) is 0 Å². The van der Waals surface area contributed by atoms with Crippen molar-refractivity contribution in [2.75, 3.05) is 5.32 Å². The van der Waals surface area contributed by atoms with Crippen LogP contribution in [0.25, 0.3) is 28.2 Å². The summed E-state index contributed by atoms with van der Waals surface area (Å²) in [6, 6.07) is 19.6. The van der Waals surface area contributed by atoms with E-state index in [0.717, 1.165) is 22.5 Å². The van der Waals surface area contributed by atoms with Gasteiger partial charge in [-0.25, -0.2) is 18.4 Å². The third-order valence-electron chi connectivity index (χ3n) is 4.80. The van der Waals surface area contributed by atoms with E-state index in [9.17, 15) is 8.78 Å². The van der Waals surface area contributed by atoms with E-state index in [-0.39, 0.29) is 11.6 Å². The molecule has 0 bridgehead atoms. The number of hydrogen-bond acceptors (Lipinski definition) is 4. The molecule has 0 spiro atoms. The molecule has 0 radical (unpaired) electrons. The van der Waals surface area contributed by atoms with Crippen molar-refractivity contribution >= 4 is 33.8 Å². The maximum Gasteiger partial charge on any atom is 0.187 e. The standard InChI is InChI=1S/C24H15ClF2N4S/c25-16-3-9-19(10-4-16)28-24-29-22(14-32-24)21-13-31(20-11-7-18(27)8-12-20)30-23(21)15-1-5-17(26)6-2-15/h1-14H,(H,28,29). The molecule has 0 fully saturated rings. The van der Waals surface area contributed by atoms with Gasteiger partial charge in [0, 0.05) is 33.4 Å². The SMILES string of the molecule is Fc1ccc(-c2nn(-c3ccc(F)cc3)cc2-c2csc(Nc3ccc(Cl)cc3)n2)cc1. The molecule has 0 saturated carbocycles. The monoisotopic (exact) mass is 464 g/mol.